The number of rotatable bonds is 34. The highest BCUT2D eigenvalue weighted by Gasteiger charge is 2.27. The van der Waals surface area contributed by atoms with Gasteiger partial charge in [0, 0.05) is 54.0 Å². The average Bonchev–Trinajstić information content (AvgIpc) is 4.32. The van der Waals surface area contributed by atoms with E-state index in [2.05, 4.69) is 126 Å². The third kappa shape index (κ3) is 14.0. The molecule has 0 spiro atoms. The van der Waals surface area contributed by atoms with Gasteiger partial charge in [-0.25, -0.2) is 9.97 Å². The summed E-state index contributed by atoms with van der Waals surface area (Å²) in [5.41, 5.74) is 13.5. The molecule has 0 unspecified atom stereocenters. The van der Waals surface area contributed by atoms with E-state index in [1.165, 1.54) is 230 Å². The van der Waals surface area contributed by atoms with Gasteiger partial charge >= 0.3 is 0 Å². The minimum absolute atomic E-state index is 0.497. The Bertz CT molecular complexity index is 3070. The Labute approximate surface area is 471 Å². The van der Waals surface area contributed by atoms with Gasteiger partial charge in [0.1, 0.15) is 11.0 Å². The number of para-hydroxylation sites is 1. The van der Waals surface area contributed by atoms with Crippen molar-refractivity contribution in [2.75, 3.05) is 0 Å². The second-order valence-corrected chi connectivity index (χ2v) is 26.1. The standard InChI is InChI=1S/C67H85N3S5/c1-5-9-13-17-21-25-31-49-41-44-73-64(49)66-62-63(69-61(53-40-43-72-48-53)60(68-62)52-39-42-71-47-52)67(75-66)65-51(32-26-22-18-14-10-6-2)46-59(74-65)50-37-38-56-55-35-29-30-36-57(55)70(58(56)45-50)54(33-27-23-19-15-11-7-3)34-28-24-20-16-12-8-4/h29-30,35-48,54H,5-28,31-34H2,1-4H3. The van der Waals surface area contributed by atoms with Crippen LogP contribution in [0.3, 0.4) is 0 Å². The predicted octanol–water partition coefficient (Wildman–Crippen LogP) is 24.2. The highest BCUT2D eigenvalue weighted by molar-refractivity contribution is 7.28. The molecular formula is C67H85N3S5. The van der Waals surface area contributed by atoms with E-state index in [1.54, 1.807) is 22.7 Å². The lowest BCUT2D eigenvalue weighted by atomic mass is 9.99. The van der Waals surface area contributed by atoms with Crippen LogP contribution in [-0.4, -0.2) is 14.5 Å². The van der Waals surface area contributed by atoms with E-state index in [0.717, 1.165) is 46.4 Å². The smallest absolute Gasteiger partial charge is 0.110 e. The maximum absolute atomic E-state index is 5.82. The molecule has 0 aliphatic rings. The van der Waals surface area contributed by atoms with Crippen LogP contribution in [0.25, 0.3) is 85.3 Å². The number of hydrogen-bond donors (Lipinski definition) is 0. The van der Waals surface area contributed by atoms with Gasteiger partial charge in [0.15, 0.2) is 0 Å². The summed E-state index contributed by atoms with van der Waals surface area (Å²) in [4.78, 5) is 18.3. The molecule has 0 radical (unpaired) electrons. The molecule has 0 bridgehead atoms. The Hall–Kier alpha value is -3.92. The lowest BCUT2D eigenvalue weighted by molar-refractivity contribution is 0.410. The van der Waals surface area contributed by atoms with Crippen LogP contribution >= 0.6 is 56.7 Å². The third-order valence-electron chi connectivity index (χ3n) is 15.8. The molecule has 0 saturated carbocycles. The molecule has 0 fully saturated rings. The Morgan fingerprint density at radius 1 is 0.427 bits per heavy atom. The fourth-order valence-corrected chi connectivity index (χ4v) is 16.6. The van der Waals surface area contributed by atoms with Crippen LogP contribution in [0.15, 0.2) is 93.6 Å². The Balaban J connectivity index is 1.16. The molecule has 8 heteroatoms. The number of thiophene rings is 5. The Morgan fingerprint density at radius 3 is 1.52 bits per heavy atom. The molecule has 0 atom stereocenters. The molecule has 0 aliphatic carbocycles. The first kappa shape index (κ1) is 55.8. The minimum atomic E-state index is 0.497. The van der Waals surface area contributed by atoms with Crippen LogP contribution in [0.1, 0.15) is 212 Å². The summed E-state index contributed by atoms with van der Waals surface area (Å²) in [7, 11) is 0. The third-order valence-corrected chi connectivity index (χ3v) is 20.9. The van der Waals surface area contributed by atoms with Gasteiger partial charge in [-0.15, -0.1) is 34.0 Å². The van der Waals surface area contributed by atoms with Crippen molar-refractivity contribution in [1.82, 2.24) is 14.5 Å². The van der Waals surface area contributed by atoms with Crippen molar-refractivity contribution in [3.05, 3.63) is 105 Å². The molecule has 0 saturated heterocycles. The maximum atomic E-state index is 5.82. The van der Waals surface area contributed by atoms with Crippen LogP contribution in [0.4, 0.5) is 0 Å². The van der Waals surface area contributed by atoms with E-state index >= 15 is 0 Å². The fraction of sp³-hybridized carbons (Fsp3) is 0.493. The average molecular weight is 1090 g/mol. The van der Waals surface area contributed by atoms with E-state index in [1.807, 2.05) is 34.0 Å². The van der Waals surface area contributed by atoms with Crippen molar-refractivity contribution in [2.24, 2.45) is 0 Å². The molecule has 0 amide bonds. The molecular weight excluding hydrogens is 1010 g/mol. The Kier molecular flexibility index (Phi) is 21.7. The summed E-state index contributed by atoms with van der Waals surface area (Å²) in [6, 6.07) is 26.8. The first-order chi connectivity index (χ1) is 37.1. The number of aromatic nitrogens is 3. The van der Waals surface area contributed by atoms with Crippen LogP contribution in [-0.2, 0) is 12.8 Å². The maximum Gasteiger partial charge on any atom is 0.110 e. The number of fused-ring (bicyclic) bond motifs is 4. The normalized spacial score (nSPS) is 12.0. The van der Waals surface area contributed by atoms with E-state index in [4.69, 9.17) is 9.97 Å². The largest absolute Gasteiger partial charge is 0.337 e. The quantitative estimate of drug-likeness (QED) is 0.0376. The van der Waals surface area contributed by atoms with E-state index < -0.39 is 0 Å². The number of nitrogens with zero attached hydrogens (tertiary/aromatic N) is 3. The van der Waals surface area contributed by atoms with Crippen molar-refractivity contribution < 1.29 is 0 Å². The molecule has 2 aromatic carbocycles. The topological polar surface area (TPSA) is 30.7 Å². The molecule has 7 aromatic heterocycles. The van der Waals surface area contributed by atoms with Gasteiger partial charge in [-0.3, -0.25) is 0 Å². The van der Waals surface area contributed by atoms with Gasteiger partial charge < -0.3 is 4.57 Å². The van der Waals surface area contributed by atoms with Crippen molar-refractivity contribution in [3.63, 3.8) is 0 Å². The molecule has 75 heavy (non-hydrogen) atoms. The van der Waals surface area contributed by atoms with Gasteiger partial charge in [-0.2, -0.15) is 22.7 Å². The summed E-state index contributed by atoms with van der Waals surface area (Å²) >= 11 is 9.37. The van der Waals surface area contributed by atoms with Gasteiger partial charge in [0.25, 0.3) is 0 Å². The summed E-state index contributed by atoms with van der Waals surface area (Å²) < 4.78 is 2.81. The number of hydrogen-bond acceptors (Lipinski definition) is 7. The lowest BCUT2D eigenvalue weighted by Crippen LogP contribution is -2.09. The first-order valence-electron chi connectivity index (χ1n) is 29.7. The Morgan fingerprint density at radius 2 is 0.947 bits per heavy atom. The predicted molar refractivity (Wildman–Crippen MR) is 338 cm³/mol. The molecule has 9 rings (SSSR count). The molecule has 398 valence electrons. The van der Waals surface area contributed by atoms with Crippen molar-refractivity contribution in [1.29, 1.82) is 0 Å². The van der Waals surface area contributed by atoms with Gasteiger partial charge in [-0.1, -0.05) is 199 Å². The number of aryl methyl sites for hydroxylation is 2. The molecule has 3 nitrogen and oxygen atoms in total. The zero-order chi connectivity index (χ0) is 51.6. The van der Waals surface area contributed by atoms with Gasteiger partial charge in [-0.05, 0) is 108 Å². The number of benzene rings is 2. The monoisotopic (exact) mass is 1090 g/mol. The van der Waals surface area contributed by atoms with Crippen molar-refractivity contribution in [2.45, 2.75) is 214 Å². The SMILES string of the molecule is CCCCCCCCc1ccsc1-c1sc(-c2sc(-c3ccc4c5ccccc5n(C(CCCCCCCC)CCCCCCCC)c4c3)cc2CCCCCCCC)c2nc(-c3ccsc3)c(-c3ccsc3)nc12. The first-order valence-corrected chi connectivity index (χ1v) is 34.1. The van der Waals surface area contributed by atoms with Crippen molar-refractivity contribution >= 4 is 89.5 Å². The van der Waals surface area contributed by atoms with Gasteiger partial charge in [0.2, 0.25) is 0 Å². The zero-order valence-electron chi connectivity index (χ0n) is 46.0. The van der Waals surface area contributed by atoms with Crippen LogP contribution in [0.2, 0.25) is 0 Å². The highest BCUT2D eigenvalue weighted by atomic mass is 32.1. The summed E-state index contributed by atoms with van der Waals surface area (Å²) in [6.45, 7) is 9.30. The molecule has 9 aromatic rings. The summed E-state index contributed by atoms with van der Waals surface area (Å²) in [6.07, 6.45) is 36.4. The molecule has 7 heterocycles. The lowest BCUT2D eigenvalue weighted by Gasteiger charge is -2.22. The van der Waals surface area contributed by atoms with Crippen LogP contribution in [0, 0.1) is 0 Å². The second-order valence-electron chi connectivity index (χ2n) is 21.6. The van der Waals surface area contributed by atoms with E-state index in [-0.39, 0.29) is 0 Å². The second kappa shape index (κ2) is 29.2. The van der Waals surface area contributed by atoms with E-state index in [9.17, 15) is 0 Å². The van der Waals surface area contributed by atoms with Gasteiger partial charge in [0.05, 0.1) is 31.5 Å². The minimum Gasteiger partial charge on any atom is -0.337 e. The summed E-state index contributed by atoms with van der Waals surface area (Å²) in [5, 5.41) is 14.0. The van der Waals surface area contributed by atoms with Crippen LogP contribution < -0.4 is 0 Å². The highest BCUT2D eigenvalue weighted by Crippen LogP contribution is 2.52. The molecule has 0 N–H and O–H groups in total. The summed E-state index contributed by atoms with van der Waals surface area (Å²) in [5.74, 6) is 0. The fourth-order valence-electron chi connectivity index (χ4n) is 11.6. The zero-order valence-corrected chi connectivity index (χ0v) is 50.1. The molecule has 0 aliphatic heterocycles. The van der Waals surface area contributed by atoms with Crippen molar-refractivity contribution in [3.8, 4) is 52.5 Å². The van der Waals surface area contributed by atoms with E-state index in [0.29, 0.717) is 6.04 Å². The van der Waals surface area contributed by atoms with Crippen LogP contribution in [0.5, 0.6) is 0 Å². The number of unbranched alkanes of at least 4 members (excludes halogenated alkanes) is 20.